The largest absolute Gasteiger partial charge is 0.435 e. The first-order valence-corrected chi connectivity index (χ1v) is 11.0. The molecule has 0 saturated heterocycles. The lowest BCUT2D eigenvalue weighted by atomic mass is 9.71. The zero-order valence-electron chi connectivity index (χ0n) is 18.7. The van der Waals surface area contributed by atoms with Gasteiger partial charge in [0.2, 0.25) is 5.91 Å². The molecular weight excluding hydrogens is 478 g/mol. The number of halogens is 4. The lowest BCUT2D eigenvalue weighted by Gasteiger charge is -2.35. The summed E-state index contributed by atoms with van der Waals surface area (Å²) < 4.78 is 75.2. The molecule has 6 nitrogen and oxygen atoms in total. The molecule has 0 spiro atoms. The molecule has 0 radical (unpaired) electrons. The van der Waals surface area contributed by atoms with E-state index in [9.17, 15) is 4.79 Å². The monoisotopic (exact) mass is 495 g/mol. The molecule has 3 aromatic carbocycles. The predicted molar refractivity (Wildman–Crippen MR) is 122 cm³/mol. The van der Waals surface area contributed by atoms with Crippen molar-refractivity contribution in [1.82, 2.24) is 9.97 Å². The van der Waals surface area contributed by atoms with Crippen molar-refractivity contribution in [1.29, 1.82) is 0 Å². The van der Waals surface area contributed by atoms with E-state index in [1.165, 1.54) is 55.6 Å². The van der Waals surface area contributed by atoms with E-state index >= 15 is 17.6 Å². The summed E-state index contributed by atoms with van der Waals surface area (Å²) in [6.45, 7) is 0. The van der Waals surface area contributed by atoms with Gasteiger partial charge in [-0.05, 0) is 35.9 Å². The van der Waals surface area contributed by atoms with Crippen LogP contribution >= 0.6 is 0 Å². The van der Waals surface area contributed by atoms with Gasteiger partial charge in [-0.25, -0.2) is 9.97 Å². The fourth-order valence-electron chi connectivity index (χ4n) is 4.85. The van der Waals surface area contributed by atoms with Gasteiger partial charge in [0.1, 0.15) is 11.0 Å². The van der Waals surface area contributed by atoms with Crippen molar-refractivity contribution >= 4 is 33.8 Å². The van der Waals surface area contributed by atoms with Crippen molar-refractivity contribution in [3.8, 4) is 0 Å². The van der Waals surface area contributed by atoms with Gasteiger partial charge in [0.15, 0.2) is 16.6 Å². The second-order valence-corrected chi connectivity index (χ2v) is 8.72. The maximum Gasteiger partial charge on any atom is 0.340 e. The van der Waals surface area contributed by atoms with E-state index in [2.05, 4.69) is 9.97 Å². The van der Waals surface area contributed by atoms with Crippen LogP contribution in [0, 0.1) is 0 Å². The average Bonchev–Trinajstić information content (AvgIpc) is 3.56. The van der Waals surface area contributed by atoms with Crippen molar-refractivity contribution in [2.45, 2.75) is 23.7 Å². The first kappa shape index (κ1) is 22.3. The van der Waals surface area contributed by atoms with Crippen LogP contribution in [0.1, 0.15) is 23.8 Å². The van der Waals surface area contributed by atoms with Crippen LogP contribution in [0.5, 0.6) is 0 Å². The normalized spacial score (nSPS) is 18.4. The maximum absolute atomic E-state index is 16.5. The summed E-state index contributed by atoms with van der Waals surface area (Å²) >= 11 is 0. The summed E-state index contributed by atoms with van der Waals surface area (Å²) in [5.74, 6) is -11.7. The molecule has 1 aliphatic rings. The standard InChI is InChI=1S/C26H17F4N3O3/c1-33-18-11-5-2-8-15(18)24(23(33)34,26(29,30)22-32-17-10-4-7-13-20(17)36-22)14-25(27,28)21-31-16-9-3-6-12-19(16)35-21/h2-13H,14H2,1H3. The first-order valence-electron chi connectivity index (χ1n) is 11.0. The quantitative estimate of drug-likeness (QED) is 0.273. The molecule has 1 amide bonds. The first-order chi connectivity index (χ1) is 17.1. The molecule has 0 aliphatic carbocycles. The number of carbonyl (C=O) groups is 1. The third kappa shape index (κ3) is 2.93. The highest BCUT2D eigenvalue weighted by molar-refractivity contribution is 6.08. The number of para-hydroxylation sites is 5. The molecule has 2 aromatic heterocycles. The van der Waals surface area contributed by atoms with Gasteiger partial charge in [0.25, 0.3) is 11.8 Å². The summed E-state index contributed by atoms with van der Waals surface area (Å²) in [6, 6.07) is 17.7. The highest BCUT2D eigenvalue weighted by Crippen LogP contribution is 2.59. The number of nitrogens with zero attached hydrogens (tertiary/aromatic N) is 3. The van der Waals surface area contributed by atoms with E-state index in [0.29, 0.717) is 0 Å². The van der Waals surface area contributed by atoms with Crippen LogP contribution in [0.4, 0.5) is 23.2 Å². The second-order valence-electron chi connectivity index (χ2n) is 8.72. The summed E-state index contributed by atoms with van der Waals surface area (Å²) in [6.07, 6.45) is -1.63. The third-order valence-electron chi connectivity index (χ3n) is 6.59. The van der Waals surface area contributed by atoms with Gasteiger partial charge in [-0.15, -0.1) is 0 Å². The minimum absolute atomic E-state index is 0.0418. The lowest BCUT2D eigenvalue weighted by molar-refractivity contribution is -0.168. The van der Waals surface area contributed by atoms with E-state index in [4.69, 9.17) is 8.83 Å². The second kappa shape index (κ2) is 7.39. The molecule has 182 valence electrons. The van der Waals surface area contributed by atoms with Gasteiger partial charge in [-0.1, -0.05) is 42.5 Å². The molecule has 0 N–H and O–H groups in total. The molecular formula is C26H17F4N3O3. The summed E-state index contributed by atoms with van der Waals surface area (Å²) in [5.41, 5.74) is -2.86. The Labute approximate surface area is 201 Å². The number of carbonyl (C=O) groups excluding carboxylic acids is 1. The van der Waals surface area contributed by atoms with Crippen LogP contribution in [0.25, 0.3) is 22.2 Å². The minimum Gasteiger partial charge on any atom is -0.435 e. The number of oxazole rings is 2. The SMILES string of the molecule is CN1C(=O)C(CC(F)(F)c2nc3ccccc3o2)(C(F)(F)c2nc3ccccc3o2)c2ccccc21. The van der Waals surface area contributed by atoms with Crippen molar-refractivity contribution in [2.75, 3.05) is 11.9 Å². The van der Waals surface area contributed by atoms with Gasteiger partial charge < -0.3 is 13.7 Å². The van der Waals surface area contributed by atoms with Gasteiger partial charge in [-0.2, -0.15) is 17.6 Å². The third-order valence-corrected chi connectivity index (χ3v) is 6.59. The van der Waals surface area contributed by atoms with Crippen molar-refractivity contribution in [3.63, 3.8) is 0 Å². The molecule has 3 heterocycles. The Bertz CT molecular complexity index is 1580. The molecule has 1 unspecified atom stereocenters. The molecule has 6 rings (SSSR count). The van der Waals surface area contributed by atoms with Crippen LogP contribution < -0.4 is 4.90 Å². The van der Waals surface area contributed by atoms with Crippen molar-refractivity contribution < 1.29 is 31.2 Å². The number of hydrogen-bond acceptors (Lipinski definition) is 5. The van der Waals surface area contributed by atoms with Crippen LogP contribution in [0.2, 0.25) is 0 Å². The number of fused-ring (bicyclic) bond motifs is 3. The number of aromatic nitrogens is 2. The Kier molecular flexibility index (Phi) is 4.57. The van der Waals surface area contributed by atoms with Gasteiger partial charge in [0, 0.05) is 19.2 Å². The van der Waals surface area contributed by atoms with E-state index in [1.54, 1.807) is 24.3 Å². The van der Waals surface area contributed by atoms with E-state index in [1.807, 2.05) is 0 Å². The number of hydrogen-bond donors (Lipinski definition) is 0. The molecule has 0 saturated carbocycles. The molecule has 1 aliphatic heterocycles. The molecule has 1 atom stereocenters. The van der Waals surface area contributed by atoms with Gasteiger partial charge >= 0.3 is 11.8 Å². The van der Waals surface area contributed by atoms with E-state index < -0.39 is 41.4 Å². The van der Waals surface area contributed by atoms with E-state index in [0.717, 1.165) is 4.90 Å². The Hall–Kier alpha value is -4.21. The highest BCUT2D eigenvalue weighted by Gasteiger charge is 2.71. The lowest BCUT2D eigenvalue weighted by Crippen LogP contribution is -2.53. The minimum atomic E-state index is -4.26. The Morgan fingerprint density at radius 3 is 1.97 bits per heavy atom. The average molecular weight is 495 g/mol. The number of amides is 1. The Morgan fingerprint density at radius 1 is 0.806 bits per heavy atom. The fraction of sp³-hybridized carbons (Fsp3) is 0.192. The topological polar surface area (TPSA) is 72.4 Å². The number of rotatable bonds is 5. The van der Waals surface area contributed by atoms with Crippen molar-refractivity contribution in [3.05, 3.63) is 90.1 Å². The molecule has 0 fully saturated rings. The van der Waals surface area contributed by atoms with E-state index in [-0.39, 0.29) is 33.5 Å². The summed E-state index contributed by atoms with van der Waals surface area (Å²) in [4.78, 5) is 22.2. The maximum atomic E-state index is 16.5. The molecule has 0 bridgehead atoms. The van der Waals surface area contributed by atoms with Crippen molar-refractivity contribution in [2.24, 2.45) is 0 Å². The number of alkyl halides is 4. The molecule has 10 heteroatoms. The number of likely N-dealkylation sites (N-methyl/N-ethyl adjacent to an activating group) is 1. The molecule has 5 aromatic rings. The predicted octanol–water partition coefficient (Wildman–Crippen LogP) is 6.16. The molecule has 36 heavy (non-hydrogen) atoms. The smallest absolute Gasteiger partial charge is 0.340 e. The van der Waals surface area contributed by atoms with Gasteiger partial charge in [0.05, 0.1) is 0 Å². The van der Waals surface area contributed by atoms with Crippen LogP contribution in [-0.4, -0.2) is 22.9 Å². The summed E-state index contributed by atoms with van der Waals surface area (Å²) in [7, 11) is 1.27. The van der Waals surface area contributed by atoms with Crippen LogP contribution in [0.15, 0.2) is 81.6 Å². The Balaban J connectivity index is 1.57. The number of anilines is 1. The van der Waals surface area contributed by atoms with Crippen LogP contribution in [0.3, 0.4) is 0 Å². The Morgan fingerprint density at radius 2 is 1.33 bits per heavy atom. The van der Waals surface area contributed by atoms with Gasteiger partial charge in [-0.3, -0.25) is 4.79 Å². The summed E-state index contributed by atoms with van der Waals surface area (Å²) in [5, 5.41) is 0. The zero-order chi connectivity index (χ0) is 25.3. The number of benzene rings is 3. The van der Waals surface area contributed by atoms with Crippen LogP contribution in [-0.2, 0) is 22.1 Å². The fourth-order valence-corrected chi connectivity index (χ4v) is 4.85. The highest BCUT2D eigenvalue weighted by atomic mass is 19.3. The zero-order valence-corrected chi connectivity index (χ0v) is 18.7.